The smallest absolute Gasteiger partial charge is 0 e. The Morgan fingerprint density at radius 3 is 1.33 bits per heavy atom. The first-order valence-corrected chi connectivity index (χ1v) is 14.2. The summed E-state index contributed by atoms with van der Waals surface area (Å²) in [5.74, 6) is 1.95. The summed E-state index contributed by atoms with van der Waals surface area (Å²) in [5, 5.41) is 0. The summed E-state index contributed by atoms with van der Waals surface area (Å²) >= 11 is 0. The minimum Gasteiger partial charge on any atom is 0 e. The van der Waals surface area contributed by atoms with Crippen LogP contribution in [0.15, 0.2) is 48.8 Å². The standard InChI is InChI=1S/C18H25N4.2CHF3O3S.3CO.H2O.Re/c1-22(14-6-7-15-22)16-8-13-21(17-9-2-4-11-19-17)18-10-3-5-12-20-18;2*2-1(3,4)8(5,6)7;3*1-2;;/h2-5,9-12H,6-8,13-16H2,1H3;2*(H,5,6,7);;;;1H2;/q+1;;;;;;;/p-2. The number of hydrogen-bond acceptors (Lipinski definition) is 9. The Bertz CT molecular complexity index is 1250. The van der Waals surface area contributed by atoms with Crippen LogP contribution in [0.5, 0.6) is 0 Å². The maximum Gasteiger partial charge on any atom is 0 e. The third-order valence-electron chi connectivity index (χ3n) is 5.14. The molecule has 0 spiro atoms. The van der Waals surface area contributed by atoms with Gasteiger partial charge in [0.1, 0.15) is 11.6 Å². The van der Waals surface area contributed by atoms with Gasteiger partial charge in [-0.1, -0.05) is 12.1 Å². The number of likely N-dealkylation sites (tertiary alicyclic amines) is 1. The number of halogens is 6. The molecule has 0 amide bonds. The molecule has 23 heteroatoms. The van der Waals surface area contributed by atoms with E-state index in [4.69, 9.17) is 39.9 Å². The molecule has 1 saturated heterocycles. The van der Waals surface area contributed by atoms with E-state index in [1.54, 1.807) is 0 Å². The second kappa shape index (κ2) is 25.4. The van der Waals surface area contributed by atoms with E-state index < -0.39 is 31.3 Å². The molecule has 3 heterocycles. The van der Waals surface area contributed by atoms with Crippen molar-refractivity contribution in [3.63, 3.8) is 0 Å². The molecule has 0 saturated carbocycles. The molecule has 1 radical (unpaired) electrons. The molecule has 0 aromatic carbocycles. The van der Waals surface area contributed by atoms with Crippen molar-refractivity contribution < 1.29 is 96.6 Å². The molecular weight excluding hydrogens is 857 g/mol. The Morgan fingerprint density at radius 2 is 1.09 bits per heavy atom. The van der Waals surface area contributed by atoms with E-state index in [1.165, 1.54) is 37.0 Å². The molecule has 261 valence electrons. The summed E-state index contributed by atoms with van der Waals surface area (Å²) in [6.07, 6.45) is 7.60. The molecule has 3 rings (SSSR count). The van der Waals surface area contributed by atoms with Gasteiger partial charge in [-0.05, 0) is 24.3 Å². The van der Waals surface area contributed by atoms with E-state index in [-0.39, 0.29) is 25.9 Å². The van der Waals surface area contributed by atoms with Gasteiger partial charge in [0.2, 0.25) is 0 Å². The third-order valence-corrected chi connectivity index (χ3v) is 6.28. The normalized spacial score (nSPS) is 12.9. The van der Waals surface area contributed by atoms with Crippen LogP contribution in [-0.4, -0.2) is 90.1 Å². The molecule has 14 nitrogen and oxygen atoms in total. The Hall–Kier alpha value is -2.70. The van der Waals surface area contributed by atoms with Crippen molar-refractivity contribution in [2.75, 3.05) is 38.1 Å². The number of alkyl halides is 6. The predicted octanol–water partition coefficient (Wildman–Crippen LogP) is 2.41. The van der Waals surface area contributed by atoms with Crippen LogP contribution in [0.4, 0.5) is 38.0 Å². The Morgan fingerprint density at radius 1 is 0.783 bits per heavy atom. The number of quaternary nitrogens is 1. The second-order valence-electron chi connectivity index (χ2n) is 8.18. The number of anilines is 2. The van der Waals surface area contributed by atoms with E-state index in [0.717, 1.165) is 24.6 Å². The summed E-state index contributed by atoms with van der Waals surface area (Å²) in [5.41, 5.74) is -11.3. The van der Waals surface area contributed by atoms with Crippen LogP contribution in [-0.2, 0) is 54.6 Å². The first kappa shape index (κ1) is 52.8. The zero-order chi connectivity index (χ0) is 35.3. The van der Waals surface area contributed by atoms with Gasteiger partial charge in [0.15, 0.2) is 20.2 Å². The van der Waals surface area contributed by atoms with Crippen molar-refractivity contribution in [1.29, 1.82) is 0 Å². The molecule has 0 aliphatic carbocycles. The van der Waals surface area contributed by atoms with Gasteiger partial charge in [0, 0.05) is 58.6 Å². The number of aromatic nitrogens is 2. The fraction of sp³-hybridized carbons (Fsp3) is 0.435. The van der Waals surface area contributed by atoms with E-state index in [2.05, 4.69) is 54.0 Å². The van der Waals surface area contributed by atoms with Gasteiger partial charge in [-0.2, -0.15) is 26.3 Å². The average Bonchev–Trinajstić information content (AvgIpc) is 3.40. The van der Waals surface area contributed by atoms with Gasteiger partial charge in [0.05, 0.1) is 26.7 Å². The Kier molecular flexibility index (Phi) is 29.2. The second-order valence-corrected chi connectivity index (χ2v) is 10.9. The summed E-state index contributed by atoms with van der Waals surface area (Å²) in [4.78, 5) is 11.2. The Labute approximate surface area is 275 Å². The zero-order valence-corrected chi connectivity index (χ0v) is 27.8. The van der Waals surface area contributed by atoms with Crippen LogP contribution in [0.25, 0.3) is 0 Å². The molecule has 2 N–H and O–H groups in total. The van der Waals surface area contributed by atoms with Crippen molar-refractivity contribution in [2.24, 2.45) is 0 Å². The molecule has 2 aromatic rings. The maximum absolute atomic E-state index is 10.7. The van der Waals surface area contributed by atoms with Crippen LogP contribution in [0.1, 0.15) is 19.3 Å². The van der Waals surface area contributed by atoms with Gasteiger partial charge >= 0.3 is 44.9 Å². The summed E-state index contributed by atoms with van der Waals surface area (Å²) < 4.78 is 142. The van der Waals surface area contributed by atoms with Crippen LogP contribution >= 0.6 is 0 Å². The minimum absolute atomic E-state index is 0. The first-order chi connectivity index (χ1) is 20.3. The number of rotatable bonds is 6. The van der Waals surface area contributed by atoms with Gasteiger partial charge in [0.25, 0.3) is 0 Å². The van der Waals surface area contributed by atoms with Crippen molar-refractivity contribution >= 4 is 31.9 Å². The van der Waals surface area contributed by atoms with E-state index in [1.807, 2.05) is 36.7 Å². The van der Waals surface area contributed by atoms with E-state index in [9.17, 15) is 26.3 Å². The third kappa shape index (κ3) is 21.9. The van der Waals surface area contributed by atoms with Crippen LogP contribution in [0.3, 0.4) is 0 Å². The Balaban J connectivity index is -0.000000196. The van der Waals surface area contributed by atoms with Crippen molar-refractivity contribution in [1.82, 2.24) is 9.97 Å². The summed E-state index contributed by atoms with van der Waals surface area (Å²) in [6, 6.07) is 12.1. The number of pyridine rings is 2. The quantitative estimate of drug-likeness (QED) is 0.103. The molecule has 2 aromatic heterocycles. The van der Waals surface area contributed by atoms with Gasteiger partial charge in [-0.25, -0.2) is 26.8 Å². The summed E-state index contributed by atoms with van der Waals surface area (Å²) in [7, 11) is -9.79. The fourth-order valence-electron chi connectivity index (χ4n) is 3.31. The predicted molar refractivity (Wildman–Crippen MR) is 137 cm³/mol. The van der Waals surface area contributed by atoms with Crippen molar-refractivity contribution in [3.8, 4) is 0 Å². The zero-order valence-electron chi connectivity index (χ0n) is 23.5. The maximum atomic E-state index is 10.7. The molecular formula is C23H27F6N4O10ReS2-. The first-order valence-electron chi connectivity index (χ1n) is 11.4. The monoisotopic (exact) mass is 884 g/mol. The van der Waals surface area contributed by atoms with Crippen LogP contribution in [0.2, 0.25) is 0 Å². The molecule has 0 unspecified atom stereocenters. The van der Waals surface area contributed by atoms with Gasteiger partial charge in [-0.15, -0.1) is 0 Å². The van der Waals surface area contributed by atoms with E-state index >= 15 is 0 Å². The van der Waals surface area contributed by atoms with Gasteiger partial charge in [-0.3, -0.25) is 0 Å². The van der Waals surface area contributed by atoms with Crippen molar-refractivity contribution in [3.05, 3.63) is 68.7 Å². The molecule has 1 fully saturated rings. The van der Waals surface area contributed by atoms with Crippen LogP contribution in [0, 0.1) is 20.0 Å². The summed E-state index contributed by atoms with van der Waals surface area (Å²) in [6.45, 7) is 18.3. The molecule has 0 bridgehead atoms. The molecule has 46 heavy (non-hydrogen) atoms. The number of hydrogen-bond donors (Lipinski definition) is 0. The minimum atomic E-state index is -6.09. The van der Waals surface area contributed by atoms with Gasteiger partial charge < -0.3 is 24.0 Å². The van der Waals surface area contributed by atoms with Crippen LogP contribution < -0.4 is 4.90 Å². The van der Waals surface area contributed by atoms with E-state index in [0.29, 0.717) is 0 Å². The average molecular weight is 884 g/mol. The molecule has 0 atom stereocenters. The van der Waals surface area contributed by atoms with Crippen molar-refractivity contribution in [2.45, 2.75) is 30.3 Å². The SMILES string of the molecule is C[N+]1(CCCN(c2ccccn2)c2ccccn2)CCCC1.O.O=S(=O)([O-])C(F)(F)F.O=S(=O)([O-])C(F)(F)F.[C-]#[O+].[C-]#[O+].[C-]#[O+].[Re]. The topological polar surface area (TPSA) is 235 Å². The number of nitrogens with zero attached hydrogens (tertiary/aromatic N) is 4. The molecule has 1 aliphatic heterocycles. The molecule has 1 aliphatic rings. The fourth-order valence-corrected chi connectivity index (χ4v) is 3.31. The largest absolute Gasteiger partial charge is 0 e.